The van der Waals surface area contributed by atoms with E-state index in [-0.39, 0.29) is 44.5 Å². The molecule has 0 aromatic heterocycles. The lowest BCUT2D eigenvalue weighted by Crippen LogP contribution is -2.21. The third-order valence-corrected chi connectivity index (χ3v) is 18.6. The fourth-order valence-electron chi connectivity index (χ4n) is 9.44. The summed E-state index contributed by atoms with van der Waals surface area (Å²) in [6.45, 7) is 2.23. The van der Waals surface area contributed by atoms with Gasteiger partial charge in [0, 0.05) is 97.5 Å². The molecule has 0 saturated carbocycles. The Morgan fingerprint density at radius 2 is 0.635 bits per heavy atom. The summed E-state index contributed by atoms with van der Waals surface area (Å²) in [5, 5.41) is 25.0. The fourth-order valence-corrected chi connectivity index (χ4v) is 14.2. The highest BCUT2D eigenvalue weighted by Crippen LogP contribution is 2.49. The molecule has 0 saturated heterocycles. The molecule has 0 fully saturated rings. The SMILES string of the molecule is Cc1cc(OS(=O)(=O)c2cccc3c2C=CC(=[N+]=[N-])C3=O)c(Cc2c(OS(=O)(=O)c3cccc4c3C=CC(=[N+]=[N-])C4=O)cc(C)c(OS(=O)(=O)c3cccc4c3C=CC(=[N+]=[N-])C4=O)c2O)c(O)c1OS(=O)(=O)c1cccc2c1C=CC(=[N+]=[N-])C2=O. The van der Waals surface area contributed by atoms with E-state index in [1.54, 1.807) is 0 Å². The number of rotatable bonds is 14. The molecule has 6 aromatic rings. The van der Waals surface area contributed by atoms with E-state index < -0.39 is 169 Å². The molecule has 10 rings (SSSR count). The lowest BCUT2D eigenvalue weighted by atomic mass is 9.95. The predicted octanol–water partition coefficient (Wildman–Crippen LogP) is 5.90. The number of Topliss-reactive ketones (excluding diaryl/α,β-unsaturated/α-hetero) is 4. The maximum atomic E-state index is 14.6. The van der Waals surface area contributed by atoms with Gasteiger partial charge in [0.2, 0.25) is 0 Å². The number of phenolic OH excluding ortho intramolecular Hbond substituents is 2. The number of carbonyl (C=O) groups excluding carboxylic acids is 4. The first-order chi connectivity index (χ1) is 40.3. The lowest BCUT2D eigenvalue weighted by molar-refractivity contribution is -0.00459. The third kappa shape index (κ3) is 9.90. The zero-order valence-electron chi connectivity index (χ0n) is 43.0. The number of phenols is 2. The highest BCUT2D eigenvalue weighted by molar-refractivity contribution is 7.88. The highest BCUT2D eigenvalue weighted by Gasteiger charge is 2.39. The molecule has 30 heteroatoms. The number of benzene rings is 6. The van der Waals surface area contributed by atoms with Crippen LogP contribution in [0.4, 0.5) is 0 Å². The number of fused-ring (bicyclic) bond motifs is 4. The summed E-state index contributed by atoms with van der Waals surface area (Å²) in [5.74, 6) is -10.1. The van der Waals surface area contributed by atoms with Gasteiger partial charge in [-0.15, -0.1) is 0 Å². The van der Waals surface area contributed by atoms with Crippen LogP contribution >= 0.6 is 0 Å². The molecule has 0 amide bonds. The maximum Gasteiger partial charge on any atom is 0.362 e. The van der Waals surface area contributed by atoms with Crippen molar-refractivity contribution in [1.29, 1.82) is 0 Å². The van der Waals surface area contributed by atoms with Crippen LogP contribution in [0.2, 0.25) is 0 Å². The minimum Gasteiger partial charge on any atom is -0.504 e. The second-order valence-electron chi connectivity index (χ2n) is 18.5. The Hall–Kier alpha value is -10.9. The van der Waals surface area contributed by atoms with Crippen molar-refractivity contribution in [2.24, 2.45) is 0 Å². The summed E-state index contributed by atoms with van der Waals surface area (Å²) in [7, 11) is -21.1. The van der Waals surface area contributed by atoms with Crippen molar-refractivity contribution in [3.63, 3.8) is 0 Å². The first-order valence-electron chi connectivity index (χ1n) is 24.1. The zero-order chi connectivity index (χ0) is 61.2. The molecule has 0 heterocycles. The third-order valence-electron chi connectivity index (χ3n) is 13.5. The van der Waals surface area contributed by atoms with Crippen molar-refractivity contribution < 1.29 is 99.0 Å². The van der Waals surface area contributed by atoms with Crippen molar-refractivity contribution in [2.45, 2.75) is 39.9 Å². The monoisotopic (exact) mass is 1220 g/mol. The standard InChI is InChI=1S/C55H32N8O18S4/c1-26-23-42(78-82(70,71)44-11-3-7-32-28(44)15-19-38(60-56)48(32)64)36(52(68)54(26)80-84(74,75)46-13-5-9-34-30(46)17-21-40(62-58)50(34)66)25-37-43(79-83(72,73)45-12-4-8-33-29(45)16-20-39(61-57)49(33)65)24-27(2)55(53(37)69)81-85(76,77)47-14-6-10-35-31(47)18-22-41(63-59)51(35)67/h3-24,68-69H,25H2,1-2H3. The molecule has 0 bridgehead atoms. The van der Waals surface area contributed by atoms with Crippen LogP contribution in [0.1, 0.15) is 85.9 Å². The molecular weight excluding hydrogens is 1190 g/mol. The van der Waals surface area contributed by atoms with E-state index in [1.807, 2.05) is 0 Å². The normalized spacial score (nSPS) is 14.3. The van der Waals surface area contributed by atoms with Crippen LogP contribution < -0.4 is 16.7 Å². The van der Waals surface area contributed by atoms with Gasteiger partial charge in [0.1, 0.15) is 19.6 Å². The van der Waals surface area contributed by atoms with Gasteiger partial charge in [-0.2, -0.15) is 52.8 Å². The van der Waals surface area contributed by atoms with Gasteiger partial charge in [-0.1, -0.05) is 48.5 Å². The quantitative estimate of drug-likeness (QED) is 0.0728. The molecule has 85 heavy (non-hydrogen) atoms. The molecular formula is C55H32N8O18S4. The molecule has 0 radical (unpaired) electrons. The summed E-state index contributed by atoms with van der Waals surface area (Å²) in [5.41, 5.74) is 30.9. The Kier molecular flexibility index (Phi) is 14.2. The second-order valence-corrected chi connectivity index (χ2v) is 24.5. The van der Waals surface area contributed by atoms with Crippen molar-refractivity contribution in [1.82, 2.24) is 0 Å². The molecule has 2 N–H and O–H groups in total. The Morgan fingerprint density at radius 3 is 0.882 bits per heavy atom. The van der Waals surface area contributed by atoms with Crippen LogP contribution in [0, 0.1) is 13.8 Å². The summed E-state index contributed by atoms with van der Waals surface area (Å²) in [4.78, 5) is 61.4. The van der Waals surface area contributed by atoms with Crippen molar-refractivity contribution >= 4 is 111 Å². The van der Waals surface area contributed by atoms with E-state index in [2.05, 4.69) is 19.2 Å². The number of ketones is 4. The van der Waals surface area contributed by atoms with Gasteiger partial charge in [0.05, 0.1) is 0 Å². The average Bonchev–Trinajstić information content (AvgIpc) is 1.15. The average molecular weight is 1220 g/mol. The Bertz CT molecular complexity index is 4710. The molecule has 0 aliphatic heterocycles. The molecule has 6 aromatic carbocycles. The van der Waals surface area contributed by atoms with E-state index in [0.29, 0.717) is 0 Å². The number of aryl methyl sites for hydroxylation is 2. The molecule has 4 aliphatic carbocycles. The van der Waals surface area contributed by atoms with Gasteiger partial charge in [0.15, 0.2) is 34.5 Å². The number of hydrogen-bond donors (Lipinski definition) is 2. The van der Waals surface area contributed by atoms with Crippen LogP contribution in [0.15, 0.2) is 129 Å². The Labute approximate surface area is 479 Å². The van der Waals surface area contributed by atoms with Gasteiger partial charge < -0.3 is 49.1 Å². The first-order valence-corrected chi connectivity index (χ1v) is 29.7. The minimum atomic E-state index is -5.30. The highest BCUT2D eigenvalue weighted by atomic mass is 32.2. The number of hydrogen-bond acceptors (Lipinski definition) is 18. The maximum absolute atomic E-state index is 14.6. The van der Waals surface area contributed by atoms with E-state index in [9.17, 15) is 85.2 Å². The summed E-state index contributed by atoms with van der Waals surface area (Å²) >= 11 is 0. The molecule has 0 atom stereocenters. The number of aromatic hydroxyl groups is 2. The number of allylic oxidation sites excluding steroid dienone is 4. The first kappa shape index (κ1) is 57.3. The summed E-state index contributed by atoms with van der Waals surface area (Å²) < 4.78 is 139. The van der Waals surface area contributed by atoms with Gasteiger partial charge in [-0.05, 0) is 74.5 Å². The van der Waals surface area contributed by atoms with Crippen LogP contribution in [0.25, 0.3) is 46.4 Å². The van der Waals surface area contributed by atoms with Crippen LogP contribution in [0.3, 0.4) is 0 Å². The lowest BCUT2D eigenvalue weighted by Gasteiger charge is -2.22. The smallest absolute Gasteiger partial charge is 0.362 e. The second kappa shape index (κ2) is 21.1. The zero-order valence-corrected chi connectivity index (χ0v) is 46.3. The molecule has 4 aliphatic rings. The molecule has 0 spiro atoms. The molecule has 424 valence electrons. The van der Waals surface area contributed by atoms with Gasteiger partial charge in [-0.25, -0.2) is 0 Å². The summed E-state index contributed by atoms with van der Waals surface area (Å²) in [6, 6.07) is 15.1. The van der Waals surface area contributed by atoms with Gasteiger partial charge >= 0.3 is 63.3 Å². The fraction of sp³-hybridized carbons (Fsp3) is 0.0545. The van der Waals surface area contributed by atoms with Gasteiger partial charge in [-0.3, -0.25) is 19.2 Å². The van der Waals surface area contributed by atoms with E-state index in [0.717, 1.165) is 123 Å². The van der Waals surface area contributed by atoms with Crippen LogP contribution in [-0.2, 0) is 46.9 Å². The predicted molar refractivity (Wildman–Crippen MR) is 293 cm³/mol. The largest absolute Gasteiger partial charge is 0.504 e. The van der Waals surface area contributed by atoms with Crippen molar-refractivity contribution in [3.05, 3.63) is 198 Å². The number of nitrogens with zero attached hydrogens (tertiary/aromatic N) is 8. The van der Waals surface area contributed by atoms with Crippen molar-refractivity contribution in [2.75, 3.05) is 0 Å². The summed E-state index contributed by atoms with van der Waals surface area (Å²) in [6.07, 6.45) is 7.15. The van der Waals surface area contributed by atoms with E-state index >= 15 is 0 Å². The Balaban J connectivity index is 1.18. The topological polar surface area (TPSA) is 428 Å². The molecule has 26 nitrogen and oxygen atoms in total. The Morgan fingerprint density at radius 1 is 0.388 bits per heavy atom. The van der Waals surface area contributed by atoms with Crippen LogP contribution in [-0.4, -0.2) is 109 Å². The van der Waals surface area contributed by atoms with Crippen molar-refractivity contribution in [3.8, 4) is 34.5 Å². The van der Waals surface area contributed by atoms with Crippen LogP contribution in [0.5, 0.6) is 34.5 Å². The molecule has 0 unspecified atom stereocenters. The van der Waals surface area contributed by atoms with E-state index in [4.69, 9.17) is 16.7 Å². The van der Waals surface area contributed by atoms with E-state index in [1.165, 1.54) is 24.3 Å². The number of carbonyl (C=O) groups is 4. The minimum absolute atomic E-state index is 0.265. The van der Waals surface area contributed by atoms with Gasteiger partial charge in [0.25, 0.3) is 23.1 Å².